The fourth-order valence-corrected chi connectivity index (χ4v) is 2.86. The molecule has 5 nitrogen and oxygen atoms in total. The number of methoxy groups -OCH3 is 1. The van der Waals surface area contributed by atoms with E-state index in [9.17, 15) is 4.79 Å². The highest BCUT2D eigenvalue weighted by molar-refractivity contribution is 5.94. The van der Waals surface area contributed by atoms with E-state index < -0.39 is 0 Å². The van der Waals surface area contributed by atoms with Gasteiger partial charge in [0.1, 0.15) is 5.75 Å². The van der Waals surface area contributed by atoms with Gasteiger partial charge in [-0.05, 0) is 30.3 Å². The van der Waals surface area contributed by atoms with Crippen molar-refractivity contribution >= 4 is 17.3 Å². The molecule has 1 heterocycles. The van der Waals surface area contributed by atoms with Crippen LogP contribution in [-0.2, 0) is 0 Å². The number of nitrogens with zero attached hydrogens (tertiary/aromatic N) is 2. The van der Waals surface area contributed by atoms with Crippen LogP contribution >= 0.6 is 0 Å². The van der Waals surface area contributed by atoms with Gasteiger partial charge in [0.25, 0.3) is 5.91 Å². The molecule has 5 heteroatoms. The third-order valence-corrected chi connectivity index (χ3v) is 4.16. The predicted octanol–water partition coefficient (Wildman–Crippen LogP) is 2.24. The molecule has 2 aromatic rings. The van der Waals surface area contributed by atoms with E-state index in [4.69, 9.17) is 10.5 Å². The lowest BCUT2D eigenvalue weighted by molar-refractivity contribution is 0.0746. The number of carbonyl (C=O) groups excluding carboxylic acids is 1. The number of para-hydroxylation sites is 2. The maximum absolute atomic E-state index is 12.6. The highest BCUT2D eigenvalue weighted by Crippen LogP contribution is 2.24. The van der Waals surface area contributed by atoms with Crippen molar-refractivity contribution in [3.8, 4) is 5.75 Å². The van der Waals surface area contributed by atoms with Crippen molar-refractivity contribution in [3.63, 3.8) is 0 Å². The lowest BCUT2D eigenvalue weighted by atomic mass is 10.1. The number of anilines is 2. The first-order valence-electron chi connectivity index (χ1n) is 7.72. The molecule has 0 bridgehead atoms. The summed E-state index contributed by atoms with van der Waals surface area (Å²) in [6.45, 7) is 2.93. The van der Waals surface area contributed by atoms with E-state index in [-0.39, 0.29) is 5.91 Å². The number of rotatable bonds is 3. The molecule has 3 rings (SSSR count). The zero-order valence-corrected chi connectivity index (χ0v) is 13.2. The van der Waals surface area contributed by atoms with Gasteiger partial charge >= 0.3 is 0 Å². The smallest absolute Gasteiger partial charge is 0.254 e. The molecule has 1 amide bonds. The van der Waals surface area contributed by atoms with Crippen molar-refractivity contribution in [1.82, 2.24) is 4.90 Å². The van der Waals surface area contributed by atoms with Crippen LogP contribution in [-0.4, -0.2) is 44.1 Å². The molecular formula is C18H21N3O2. The van der Waals surface area contributed by atoms with Gasteiger partial charge in [0, 0.05) is 31.7 Å². The van der Waals surface area contributed by atoms with E-state index in [0.717, 1.165) is 24.5 Å². The number of hydrogen-bond donors (Lipinski definition) is 1. The SMILES string of the molecule is COc1cccc(C(=O)N2CCN(c3ccccc3N)CC2)c1. The van der Waals surface area contributed by atoms with E-state index in [1.807, 2.05) is 47.4 Å². The van der Waals surface area contributed by atoms with Gasteiger partial charge in [-0.3, -0.25) is 4.79 Å². The van der Waals surface area contributed by atoms with Crippen molar-refractivity contribution in [2.24, 2.45) is 0 Å². The Morgan fingerprint density at radius 1 is 1.04 bits per heavy atom. The first-order valence-corrected chi connectivity index (χ1v) is 7.72. The molecule has 0 unspecified atom stereocenters. The minimum Gasteiger partial charge on any atom is -0.497 e. The lowest BCUT2D eigenvalue weighted by Gasteiger charge is -2.36. The number of ether oxygens (including phenoxy) is 1. The van der Waals surface area contributed by atoms with Crippen LogP contribution in [0.4, 0.5) is 11.4 Å². The number of amides is 1. The van der Waals surface area contributed by atoms with Crippen LogP contribution in [0.3, 0.4) is 0 Å². The topological polar surface area (TPSA) is 58.8 Å². The van der Waals surface area contributed by atoms with E-state index in [2.05, 4.69) is 4.90 Å². The monoisotopic (exact) mass is 311 g/mol. The Hall–Kier alpha value is -2.69. The van der Waals surface area contributed by atoms with Gasteiger partial charge in [0.2, 0.25) is 0 Å². The van der Waals surface area contributed by atoms with Gasteiger partial charge in [-0.2, -0.15) is 0 Å². The Bertz CT molecular complexity index is 694. The number of nitrogens with two attached hydrogens (primary N) is 1. The largest absolute Gasteiger partial charge is 0.497 e. The van der Waals surface area contributed by atoms with Gasteiger partial charge in [0.15, 0.2) is 0 Å². The summed E-state index contributed by atoms with van der Waals surface area (Å²) in [4.78, 5) is 16.7. The highest BCUT2D eigenvalue weighted by atomic mass is 16.5. The van der Waals surface area contributed by atoms with E-state index in [1.54, 1.807) is 13.2 Å². The van der Waals surface area contributed by atoms with Crippen LogP contribution < -0.4 is 15.4 Å². The molecule has 0 aromatic heterocycles. The summed E-state index contributed by atoms with van der Waals surface area (Å²) in [6.07, 6.45) is 0. The summed E-state index contributed by atoms with van der Waals surface area (Å²) in [6, 6.07) is 15.1. The van der Waals surface area contributed by atoms with Crippen LogP contribution in [0.25, 0.3) is 0 Å². The van der Waals surface area contributed by atoms with Crippen molar-refractivity contribution in [1.29, 1.82) is 0 Å². The maximum atomic E-state index is 12.6. The molecule has 1 saturated heterocycles. The Labute approximate surface area is 136 Å². The van der Waals surface area contributed by atoms with E-state index in [0.29, 0.717) is 24.4 Å². The molecule has 23 heavy (non-hydrogen) atoms. The zero-order chi connectivity index (χ0) is 16.2. The summed E-state index contributed by atoms with van der Waals surface area (Å²) in [5.41, 5.74) is 8.52. The molecular weight excluding hydrogens is 290 g/mol. The van der Waals surface area contributed by atoms with Crippen molar-refractivity contribution in [2.45, 2.75) is 0 Å². The Balaban J connectivity index is 1.66. The zero-order valence-electron chi connectivity index (χ0n) is 13.2. The maximum Gasteiger partial charge on any atom is 0.254 e. The Kier molecular flexibility index (Phi) is 4.37. The summed E-state index contributed by atoms with van der Waals surface area (Å²) in [5, 5.41) is 0. The standard InChI is InChI=1S/C18H21N3O2/c1-23-15-6-4-5-14(13-15)18(22)21-11-9-20(10-12-21)17-8-3-2-7-16(17)19/h2-8,13H,9-12,19H2,1H3. The molecule has 120 valence electrons. The second-order valence-corrected chi connectivity index (χ2v) is 5.57. The molecule has 0 spiro atoms. The second-order valence-electron chi connectivity index (χ2n) is 5.57. The molecule has 2 aromatic carbocycles. The number of benzene rings is 2. The highest BCUT2D eigenvalue weighted by Gasteiger charge is 2.23. The van der Waals surface area contributed by atoms with Gasteiger partial charge in [0.05, 0.1) is 18.5 Å². The quantitative estimate of drug-likeness (QED) is 0.883. The van der Waals surface area contributed by atoms with Crippen LogP contribution in [0, 0.1) is 0 Å². The van der Waals surface area contributed by atoms with E-state index in [1.165, 1.54) is 0 Å². The number of nitrogen functional groups attached to an aromatic ring is 1. The average Bonchev–Trinajstić information content (AvgIpc) is 2.62. The summed E-state index contributed by atoms with van der Waals surface area (Å²) in [7, 11) is 1.60. The molecule has 1 aliphatic heterocycles. The number of hydrogen-bond acceptors (Lipinski definition) is 4. The van der Waals surface area contributed by atoms with Gasteiger partial charge in [-0.1, -0.05) is 18.2 Å². The van der Waals surface area contributed by atoms with Crippen molar-refractivity contribution in [2.75, 3.05) is 43.9 Å². The normalized spacial score (nSPS) is 14.7. The Morgan fingerprint density at radius 2 is 1.78 bits per heavy atom. The fraction of sp³-hybridized carbons (Fsp3) is 0.278. The minimum absolute atomic E-state index is 0.0459. The minimum atomic E-state index is 0.0459. The third-order valence-electron chi connectivity index (χ3n) is 4.16. The first-order chi connectivity index (χ1) is 11.2. The molecule has 0 atom stereocenters. The van der Waals surface area contributed by atoms with Crippen LogP contribution in [0.15, 0.2) is 48.5 Å². The van der Waals surface area contributed by atoms with Gasteiger partial charge < -0.3 is 20.3 Å². The lowest BCUT2D eigenvalue weighted by Crippen LogP contribution is -2.49. The third kappa shape index (κ3) is 3.23. The molecule has 0 radical (unpaired) electrons. The molecule has 1 aliphatic rings. The summed E-state index contributed by atoms with van der Waals surface area (Å²) >= 11 is 0. The van der Waals surface area contributed by atoms with Crippen LogP contribution in [0.1, 0.15) is 10.4 Å². The predicted molar refractivity (Wildman–Crippen MR) is 92.0 cm³/mol. The fourth-order valence-electron chi connectivity index (χ4n) is 2.86. The summed E-state index contributed by atoms with van der Waals surface area (Å²) in [5.74, 6) is 0.746. The number of carbonyl (C=O) groups is 1. The molecule has 0 saturated carbocycles. The average molecular weight is 311 g/mol. The van der Waals surface area contributed by atoms with Gasteiger partial charge in [-0.25, -0.2) is 0 Å². The number of piperazine rings is 1. The second kappa shape index (κ2) is 6.60. The van der Waals surface area contributed by atoms with Crippen LogP contribution in [0.5, 0.6) is 5.75 Å². The van der Waals surface area contributed by atoms with Gasteiger partial charge in [-0.15, -0.1) is 0 Å². The molecule has 0 aliphatic carbocycles. The van der Waals surface area contributed by atoms with Crippen molar-refractivity contribution < 1.29 is 9.53 Å². The Morgan fingerprint density at radius 3 is 2.48 bits per heavy atom. The summed E-state index contributed by atoms with van der Waals surface area (Å²) < 4.78 is 5.19. The molecule has 1 fully saturated rings. The van der Waals surface area contributed by atoms with Crippen LogP contribution in [0.2, 0.25) is 0 Å². The molecule has 2 N–H and O–H groups in total. The van der Waals surface area contributed by atoms with Crippen molar-refractivity contribution in [3.05, 3.63) is 54.1 Å². The first kappa shape index (κ1) is 15.2. The van der Waals surface area contributed by atoms with E-state index >= 15 is 0 Å².